The van der Waals surface area contributed by atoms with Crippen molar-refractivity contribution in [3.8, 4) is 0 Å². The number of primary sulfonamides is 1. The lowest BCUT2D eigenvalue weighted by molar-refractivity contribution is 0.0914. The van der Waals surface area contributed by atoms with E-state index in [1.807, 2.05) is 0 Å². The van der Waals surface area contributed by atoms with Crippen LogP contribution in [0.2, 0.25) is 0 Å². The van der Waals surface area contributed by atoms with Crippen LogP contribution in [-0.2, 0) is 14.8 Å². The van der Waals surface area contributed by atoms with Crippen molar-refractivity contribution in [1.82, 2.24) is 9.88 Å². The second kappa shape index (κ2) is 5.43. The van der Waals surface area contributed by atoms with Gasteiger partial charge in [-0.05, 0) is 31.7 Å². The molecule has 1 atom stereocenters. The zero-order valence-corrected chi connectivity index (χ0v) is 12.4. The van der Waals surface area contributed by atoms with E-state index in [0.29, 0.717) is 18.9 Å². The number of carbonyl (C=O) groups is 1. The van der Waals surface area contributed by atoms with Gasteiger partial charge in [-0.3, -0.25) is 4.79 Å². The fourth-order valence-corrected chi connectivity index (χ4v) is 3.20. The SMILES string of the molecule is NS(=O)(=O)c1cc(C(=O)NC2CCOC2)n(C2CCC2)c1. The van der Waals surface area contributed by atoms with Crippen molar-refractivity contribution in [2.45, 2.75) is 42.7 Å². The van der Waals surface area contributed by atoms with Gasteiger partial charge >= 0.3 is 0 Å². The Morgan fingerprint density at radius 1 is 1.38 bits per heavy atom. The molecule has 1 aliphatic heterocycles. The van der Waals surface area contributed by atoms with Crippen molar-refractivity contribution in [1.29, 1.82) is 0 Å². The van der Waals surface area contributed by atoms with E-state index in [2.05, 4.69) is 5.32 Å². The maximum Gasteiger partial charge on any atom is 0.268 e. The average Bonchev–Trinajstić information content (AvgIpc) is 2.94. The Morgan fingerprint density at radius 2 is 2.14 bits per heavy atom. The van der Waals surface area contributed by atoms with E-state index in [4.69, 9.17) is 9.88 Å². The Hall–Kier alpha value is -1.38. The van der Waals surface area contributed by atoms with Gasteiger partial charge in [-0.15, -0.1) is 0 Å². The number of hydrogen-bond acceptors (Lipinski definition) is 4. The van der Waals surface area contributed by atoms with Gasteiger partial charge in [0.1, 0.15) is 10.6 Å². The molecule has 2 heterocycles. The van der Waals surface area contributed by atoms with E-state index in [-0.39, 0.29) is 22.9 Å². The summed E-state index contributed by atoms with van der Waals surface area (Å²) in [6.07, 6.45) is 5.24. The molecular formula is C13H19N3O4S. The second-order valence-electron chi connectivity index (χ2n) is 5.63. The van der Waals surface area contributed by atoms with Crippen molar-refractivity contribution < 1.29 is 17.9 Å². The number of carbonyl (C=O) groups excluding carboxylic acids is 1. The van der Waals surface area contributed by atoms with Crippen LogP contribution in [0.3, 0.4) is 0 Å². The summed E-state index contributed by atoms with van der Waals surface area (Å²) >= 11 is 0. The molecule has 1 amide bonds. The Balaban J connectivity index is 1.87. The van der Waals surface area contributed by atoms with Gasteiger partial charge in [-0.2, -0.15) is 0 Å². The summed E-state index contributed by atoms with van der Waals surface area (Å²) in [6, 6.07) is 1.53. The molecule has 3 N–H and O–H groups in total. The van der Waals surface area contributed by atoms with Crippen LogP contribution in [0.15, 0.2) is 17.2 Å². The van der Waals surface area contributed by atoms with Crippen molar-refractivity contribution in [3.05, 3.63) is 18.0 Å². The molecule has 0 spiro atoms. The average molecular weight is 313 g/mol. The summed E-state index contributed by atoms with van der Waals surface area (Å²) in [4.78, 5) is 12.4. The van der Waals surface area contributed by atoms with Crippen LogP contribution >= 0.6 is 0 Å². The highest BCUT2D eigenvalue weighted by molar-refractivity contribution is 7.89. The standard InChI is InChI=1S/C13H19N3O4S/c14-21(18,19)11-6-12(16(7-11)10-2-1-3-10)13(17)15-9-4-5-20-8-9/h6-7,9-10H,1-5,8H2,(H,15,17)(H2,14,18,19). The van der Waals surface area contributed by atoms with Crippen molar-refractivity contribution in [2.75, 3.05) is 13.2 Å². The molecule has 0 radical (unpaired) electrons. The summed E-state index contributed by atoms with van der Waals surface area (Å²) in [7, 11) is -3.81. The number of sulfonamides is 1. The summed E-state index contributed by atoms with van der Waals surface area (Å²) in [5.74, 6) is -0.271. The number of aromatic nitrogens is 1. The lowest BCUT2D eigenvalue weighted by Gasteiger charge is -2.29. The molecule has 7 nitrogen and oxygen atoms in total. The summed E-state index contributed by atoms with van der Waals surface area (Å²) < 4.78 is 30.0. The van der Waals surface area contributed by atoms with Crippen LogP contribution in [0, 0.1) is 0 Å². The first-order valence-corrected chi connectivity index (χ1v) is 8.63. The zero-order valence-electron chi connectivity index (χ0n) is 11.6. The molecule has 0 aromatic carbocycles. The summed E-state index contributed by atoms with van der Waals surface area (Å²) in [6.45, 7) is 1.13. The first-order chi connectivity index (χ1) is 9.95. The lowest BCUT2D eigenvalue weighted by atomic mass is 9.93. The predicted octanol–water partition coefficient (Wildman–Crippen LogP) is 0.379. The molecule has 1 saturated heterocycles. The highest BCUT2D eigenvalue weighted by atomic mass is 32.2. The lowest BCUT2D eigenvalue weighted by Crippen LogP contribution is -2.36. The molecule has 2 fully saturated rings. The number of ether oxygens (including phenoxy) is 1. The van der Waals surface area contributed by atoms with E-state index in [0.717, 1.165) is 25.7 Å². The normalized spacial score (nSPS) is 23.0. The molecular weight excluding hydrogens is 294 g/mol. The number of hydrogen-bond donors (Lipinski definition) is 2. The molecule has 1 aromatic rings. The molecule has 1 saturated carbocycles. The number of amides is 1. The van der Waals surface area contributed by atoms with Gasteiger partial charge in [0.05, 0.1) is 12.6 Å². The van der Waals surface area contributed by atoms with E-state index in [1.54, 1.807) is 4.57 Å². The molecule has 8 heteroatoms. The quantitative estimate of drug-likeness (QED) is 0.838. The van der Waals surface area contributed by atoms with Gasteiger partial charge in [-0.25, -0.2) is 13.6 Å². The first-order valence-electron chi connectivity index (χ1n) is 7.08. The molecule has 1 aliphatic carbocycles. The minimum atomic E-state index is -3.81. The third-order valence-electron chi connectivity index (χ3n) is 4.12. The Morgan fingerprint density at radius 3 is 2.67 bits per heavy atom. The van der Waals surface area contributed by atoms with E-state index in [9.17, 15) is 13.2 Å². The van der Waals surface area contributed by atoms with Gasteiger partial charge in [0.2, 0.25) is 10.0 Å². The fourth-order valence-electron chi connectivity index (χ4n) is 2.67. The molecule has 3 rings (SSSR count). The molecule has 1 unspecified atom stereocenters. The topological polar surface area (TPSA) is 103 Å². The monoisotopic (exact) mass is 313 g/mol. The summed E-state index contributed by atoms with van der Waals surface area (Å²) in [5.41, 5.74) is 0.357. The Kier molecular flexibility index (Phi) is 3.76. The largest absolute Gasteiger partial charge is 0.379 e. The second-order valence-corrected chi connectivity index (χ2v) is 7.19. The van der Waals surface area contributed by atoms with E-state index >= 15 is 0 Å². The van der Waals surface area contributed by atoms with Gasteiger partial charge in [0.15, 0.2) is 0 Å². The predicted molar refractivity (Wildman–Crippen MR) is 75.4 cm³/mol. The van der Waals surface area contributed by atoms with E-state index in [1.165, 1.54) is 12.3 Å². The third kappa shape index (κ3) is 2.97. The van der Waals surface area contributed by atoms with Crippen molar-refractivity contribution in [3.63, 3.8) is 0 Å². The summed E-state index contributed by atoms with van der Waals surface area (Å²) in [5, 5.41) is 8.05. The van der Waals surface area contributed by atoms with Gasteiger partial charge in [0.25, 0.3) is 5.91 Å². The van der Waals surface area contributed by atoms with Crippen LogP contribution in [-0.4, -0.2) is 38.1 Å². The molecule has 21 heavy (non-hydrogen) atoms. The number of nitrogens with zero attached hydrogens (tertiary/aromatic N) is 1. The highest BCUT2D eigenvalue weighted by Crippen LogP contribution is 2.34. The molecule has 116 valence electrons. The van der Waals surface area contributed by atoms with Crippen LogP contribution < -0.4 is 10.5 Å². The molecule has 1 aromatic heterocycles. The molecule has 2 aliphatic rings. The van der Waals surface area contributed by atoms with Crippen LogP contribution in [0.1, 0.15) is 42.2 Å². The van der Waals surface area contributed by atoms with Crippen LogP contribution in [0.25, 0.3) is 0 Å². The van der Waals surface area contributed by atoms with Crippen molar-refractivity contribution >= 4 is 15.9 Å². The van der Waals surface area contributed by atoms with Gasteiger partial charge < -0.3 is 14.6 Å². The van der Waals surface area contributed by atoms with Crippen LogP contribution in [0.5, 0.6) is 0 Å². The van der Waals surface area contributed by atoms with Crippen LogP contribution in [0.4, 0.5) is 0 Å². The van der Waals surface area contributed by atoms with Gasteiger partial charge in [-0.1, -0.05) is 0 Å². The Bertz CT molecular complexity index is 642. The highest BCUT2D eigenvalue weighted by Gasteiger charge is 2.28. The number of nitrogens with one attached hydrogen (secondary N) is 1. The fraction of sp³-hybridized carbons (Fsp3) is 0.615. The number of rotatable bonds is 4. The van der Waals surface area contributed by atoms with Gasteiger partial charge in [0, 0.05) is 18.8 Å². The minimum Gasteiger partial charge on any atom is -0.379 e. The van der Waals surface area contributed by atoms with E-state index < -0.39 is 10.0 Å². The number of nitrogens with two attached hydrogens (primary N) is 1. The molecule has 0 bridgehead atoms. The maximum atomic E-state index is 12.4. The van der Waals surface area contributed by atoms with Crippen molar-refractivity contribution in [2.24, 2.45) is 5.14 Å². The third-order valence-corrected chi connectivity index (χ3v) is 5.00. The zero-order chi connectivity index (χ0) is 15.0. The Labute approximate surface area is 123 Å². The maximum absolute atomic E-state index is 12.4. The minimum absolute atomic E-state index is 0.0118. The smallest absolute Gasteiger partial charge is 0.268 e. The first kappa shape index (κ1) is 14.6.